The Morgan fingerprint density at radius 2 is 1.59 bits per heavy atom. The molecule has 158 valence electrons. The Balaban J connectivity index is 1.40. The number of hydrogen-bond donors (Lipinski definition) is 0. The summed E-state index contributed by atoms with van der Waals surface area (Å²) in [6.07, 6.45) is 5.03. The molecule has 0 spiro atoms. The standard InChI is InChI=1S/C23H32N2O4/c1-2-17-29-20-7-5-18(6-8-20)21(26)9-10-22(27)24-15-11-19(12-16-24)23(28)25-13-3-4-14-25/h5-8,19H,2-4,9-17H2,1H3. The number of rotatable bonds is 8. The quantitative estimate of drug-likeness (QED) is 0.628. The van der Waals surface area contributed by atoms with Gasteiger partial charge in [-0.15, -0.1) is 0 Å². The summed E-state index contributed by atoms with van der Waals surface area (Å²) in [5.41, 5.74) is 0.608. The van der Waals surface area contributed by atoms with Crippen molar-refractivity contribution in [3.63, 3.8) is 0 Å². The topological polar surface area (TPSA) is 66.9 Å². The van der Waals surface area contributed by atoms with Gasteiger partial charge in [-0.2, -0.15) is 0 Å². The third-order valence-corrected chi connectivity index (χ3v) is 5.83. The molecule has 1 aromatic carbocycles. The van der Waals surface area contributed by atoms with Crippen LogP contribution in [0.15, 0.2) is 24.3 Å². The molecule has 1 aromatic rings. The number of Topliss-reactive ketones (excluding diaryl/α,β-unsaturated/α-hetero) is 1. The predicted octanol–water partition coefficient (Wildman–Crippen LogP) is 3.30. The van der Waals surface area contributed by atoms with Crippen molar-refractivity contribution in [3.05, 3.63) is 29.8 Å². The van der Waals surface area contributed by atoms with E-state index in [1.807, 2.05) is 16.7 Å². The van der Waals surface area contributed by atoms with Crippen LogP contribution in [0.5, 0.6) is 5.75 Å². The van der Waals surface area contributed by atoms with Crippen LogP contribution in [-0.4, -0.2) is 60.2 Å². The van der Waals surface area contributed by atoms with Gasteiger partial charge in [-0.1, -0.05) is 6.92 Å². The van der Waals surface area contributed by atoms with Crippen molar-refractivity contribution in [1.29, 1.82) is 0 Å². The first kappa shape index (κ1) is 21.3. The fraction of sp³-hybridized carbons (Fsp3) is 0.609. The molecular weight excluding hydrogens is 368 g/mol. The third kappa shape index (κ3) is 5.81. The molecule has 2 heterocycles. The van der Waals surface area contributed by atoms with Crippen LogP contribution in [-0.2, 0) is 9.59 Å². The smallest absolute Gasteiger partial charge is 0.225 e. The Labute approximate surface area is 173 Å². The van der Waals surface area contributed by atoms with Gasteiger partial charge in [0, 0.05) is 50.5 Å². The summed E-state index contributed by atoms with van der Waals surface area (Å²) < 4.78 is 5.53. The van der Waals surface area contributed by atoms with Crippen molar-refractivity contribution in [1.82, 2.24) is 9.80 Å². The molecule has 2 amide bonds. The zero-order chi connectivity index (χ0) is 20.6. The Morgan fingerprint density at radius 1 is 0.931 bits per heavy atom. The molecule has 0 aliphatic carbocycles. The summed E-state index contributed by atoms with van der Waals surface area (Å²) >= 11 is 0. The molecule has 0 saturated carbocycles. The largest absolute Gasteiger partial charge is 0.494 e. The molecule has 0 radical (unpaired) electrons. The SMILES string of the molecule is CCCOc1ccc(C(=O)CCC(=O)N2CCC(C(=O)N3CCCC3)CC2)cc1. The average Bonchev–Trinajstić information content (AvgIpc) is 3.30. The summed E-state index contributed by atoms with van der Waals surface area (Å²) in [4.78, 5) is 41.2. The molecule has 2 aliphatic heterocycles. The molecular formula is C23H32N2O4. The molecule has 0 unspecified atom stereocenters. The maximum Gasteiger partial charge on any atom is 0.225 e. The summed E-state index contributed by atoms with van der Waals surface area (Å²) in [7, 11) is 0. The highest BCUT2D eigenvalue weighted by molar-refractivity contribution is 5.98. The van der Waals surface area contributed by atoms with E-state index < -0.39 is 0 Å². The maximum atomic E-state index is 12.5. The second-order valence-electron chi connectivity index (χ2n) is 7.98. The van der Waals surface area contributed by atoms with Crippen LogP contribution < -0.4 is 4.74 Å². The van der Waals surface area contributed by atoms with Crippen LogP contribution in [0.2, 0.25) is 0 Å². The van der Waals surface area contributed by atoms with Gasteiger partial charge >= 0.3 is 0 Å². The summed E-state index contributed by atoms with van der Waals surface area (Å²) in [5, 5.41) is 0. The number of nitrogens with zero attached hydrogens (tertiary/aromatic N) is 2. The fourth-order valence-corrected chi connectivity index (χ4v) is 4.05. The lowest BCUT2D eigenvalue weighted by atomic mass is 9.95. The molecule has 2 saturated heterocycles. The molecule has 0 atom stereocenters. The van der Waals surface area contributed by atoms with E-state index in [9.17, 15) is 14.4 Å². The minimum absolute atomic E-state index is 0.00770. The number of carbonyl (C=O) groups excluding carboxylic acids is 3. The maximum absolute atomic E-state index is 12.5. The number of benzene rings is 1. The first-order valence-electron chi connectivity index (χ1n) is 10.9. The zero-order valence-corrected chi connectivity index (χ0v) is 17.4. The van der Waals surface area contributed by atoms with Gasteiger partial charge < -0.3 is 14.5 Å². The van der Waals surface area contributed by atoms with Gasteiger partial charge in [-0.25, -0.2) is 0 Å². The third-order valence-electron chi connectivity index (χ3n) is 5.83. The first-order chi connectivity index (χ1) is 14.1. The minimum Gasteiger partial charge on any atom is -0.494 e. The van der Waals surface area contributed by atoms with Crippen LogP contribution in [0.3, 0.4) is 0 Å². The average molecular weight is 401 g/mol. The molecule has 6 nitrogen and oxygen atoms in total. The second kappa shape index (κ2) is 10.4. The van der Waals surface area contributed by atoms with E-state index >= 15 is 0 Å². The van der Waals surface area contributed by atoms with E-state index in [1.165, 1.54) is 0 Å². The Bertz CT molecular complexity index is 702. The summed E-state index contributed by atoms with van der Waals surface area (Å²) in [6.45, 7) is 5.68. The molecule has 0 aromatic heterocycles. The number of ether oxygens (including phenoxy) is 1. The van der Waals surface area contributed by atoms with Crippen molar-refractivity contribution >= 4 is 17.6 Å². The lowest BCUT2D eigenvalue weighted by Gasteiger charge is -2.33. The Kier molecular flexibility index (Phi) is 7.67. The van der Waals surface area contributed by atoms with Crippen molar-refractivity contribution < 1.29 is 19.1 Å². The molecule has 0 bridgehead atoms. The Hall–Kier alpha value is -2.37. The fourth-order valence-electron chi connectivity index (χ4n) is 4.05. The van der Waals surface area contributed by atoms with Gasteiger partial charge in [0.1, 0.15) is 5.75 Å². The summed E-state index contributed by atoms with van der Waals surface area (Å²) in [5.74, 6) is 1.04. The van der Waals surface area contributed by atoms with Gasteiger partial charge in [0.15, 0.2) is 5.78 Å². The van der Waals surface area contributed by atoms with E-state index in [0.29, 0.717) is 25.3 Å². The molecule has 0 N–H and O–H groups in total. The highest BCUT2D eigenvalue weighted by Crippen LogP contribution is 2.23. The summed E-state index contributed by atoms with van der Waals surface area (Å²) in [6, 6.07) is 7.11. The number of ketones is 1. The second-order valence-corrected chi connectivity index (χ2v) is 7.98. The van der Waals surface area contributed by atoms with Gasteiger partial charge in [0.25, 0.3) is 0 Å². The van der Waals surface area contributed by atoms with Gasteiger partial charge in [0.05, 0.1) is 6.61 Å². The lowest BCUT2D eigenvalue weighted by molar-refractivity contribution is -0.140. The zero-order valence-electron chi connectivity index (χ0n) is 17.4. The molecule has 2 fully saturated rings. The van der Waals surface area contributed by atoms with E-state index in [4.69, 9.17) is 4.74 Å². The van der Waals surface area contributed by atoms with Crippen molar-refractivity contribution in [3.8, 4) is 5.75 Å². The number of piperidine rings is 1. The molecule has 29 heavy (non-hydrogen) atoms. The van der Waals surface area contributed by atoms with E-state index in [-0.39, 0.29) is 36.4 Å². The van der Waals surface area contributed by atoms with Crippen LogP contribution in [0.4, 0.5) is 0 Å². The van der Waals surface area contributed by atoms with Gasteiger partial charge in [0.2, 0.25) is 11.8 Å². The van der Waals surface area contributed by atoms with E-state index in [0.717, 1.165) is 50.9 Å². The molecule has 3 rings (SSSR count). The molecule has 6 heteroatoms. The van der Waals surface area contributed by atoms with Crippen molar-refractivity contribution in [2.24, 2.45) is 5.92 Å². The minimum atomic E-state index is -0.0283. The van der Waals surface area contributed by atoms with Crippen LogP contribution in [0.1, 0.15) is 62.2 Å². The van der Waals surface area contributed by atoms with Crippen molar-refractivity contribution in [2.75, 3.05) is 32.8 Å². The number of carbonyl (C=O) groups is 3. The normalized spacial score (nSPS) is 17.4. The highest BCUT2D eigenvalue weighted by atomic mass is 16.5. The predicted molar refractivity (Wildman–Crippen MR) is 111 cm³/mol. The monoisotopic (exact) mass is 400 g/mol. The lowest BCUT2D eigenvalue weighted by Crippen LogP contribution is -2.43. The van der Waals surface area contributed by atoms with E-state index in [2.05, 4.69) is 0 Å². The number of likely N-dealkylation sites (tertiary alicyclic amines) is 2. The number of amides is 2. The Morgan fingerprint density at radius 3 is 2.21 bits per heavy atom. The van der Waals surface area contributed by atoms with E-state index in [1.54, 1.807) is 24.3 Å². The van der Waals surface area contributed by atoms with Gasteiger partial charge in [-0.3, -0.25) is 14.4 Å². The van der Waals surface area contributed by atoms with Gasteiger partial charge in [-0.05, 0) is 56.4 Å². The molecule has 2 aliphatic rings. The van der Waals surface area contributed by atoms with Crippen LogP contribution in [0.25, 0.3) is 0 Å². The number of hydrogen-bond acceptors (Lipinski definition) is 4. The first-order valence-corrected chi connectivity index (χ1v) is 10.9. The van der Waals surface area contributed by atoms with Crippen LogP contribution >= 0.6 is 0 Å². The highest BCUT2D eigenvalue weighted by Gasteiger charge is 2.31. The van der Waals surface area contributed by atoms with Crippen LogP contribution in [0, 0.1) is 5.92 Å². The van der Waals surface area contributed by atoms with Crippen molar-refractivity contribution in [2.45, 2.75) is 51.9 Å².